The van der Waals surface area contributed by atoms with E-state index in [0.29, 0.717) is 18.1 Å². The maximum absolute atomic E-state index is 8.77. The minimum absolute atomic E-state index is 0.313. The second-order valence-corrected chi connectivity index (χ2v) is 5.18. The molecule has 0 radical (unpaired) electrons. The minimum atomic E-state index is 0.313. The molecule has 0 N–H and O–H groups in total. The molecule has 0 spiro atoms. The molecule has 2 heterocycles. The third-order valence-electron chi connectivity index (χ3n) is 3.52. The van der Waals surface area contributed by atoms with Crippen LogP contribution in [0.3, 0.4) is 0 Å². The van der Waals surface area contributed by atoms with Crippen LogP contribution in [0.15, 0.2) is 55.1 Å². The van der Waals surface area contributed by atoms with Gasteiger partial charge in [0.15, 0.2) is 5.69 Å². The van der Waals surface area contributed by atoms with E-state index in [9.17, 15) is 0 Å². The lowest BCUT2D eigenvalue weighted by Gasteiger charge is -2.18. The van der Waals surface area contributed by atoms with Crippen molar-refractivity contribution in [1.29, 1.82) is 5.26 Å². The predicted molar refractivity (Wildman–Crippen MR) is 86.6 cm³/mol. The number of aromatic nitrogens is 4. The highest BCUT2D eigenvalue weighted by atomic mass is 15.2. The van der Waals surface area contributed by atoms with Crippen LogP contribution < -0.4 is 4.90 Å². The van der Waals surface area contributed by atoms with Crippen molar-refractivity contribution >= 4 is 5.82 Å². The van der Waals surface area contributed by atoms with E-state index in [2.05, 4.69) is 31.7 Å². The number of nitriles is 1. The standard InChI is InChI=1S/C17H16N6/c1-22(16-11-20-15(9-18)10-21-16)13-17-19-7-8-23(17)12-14-5-3-2-4-6-14/h2-8,10-11H,12-13H2,1H3. The SMILES string of the molecule is CN(Cc1nccn1Cc1ccccc1)c1cnc(C#N)cn1. The lowest BCUT2D eigenvalue weighted by molar-refractivity contribution is 0.703. The molecule has 0 aliphatic carbocycles. The summed E-state index contributed by atoms with van der Waals surface area (Å²) in [6.45, 7) is 1.39. The van der Waals surface area contributed by atoms with Gasteiger partial charge in [-0.05, 0) is 5.56 Å². The number of imidazole rings is 1. The van der Waals surface area contributed by atoms with E-state index in [1.807, 2.05) is 42.4 Å². The number of nitrogens with zero attached hydrogens (tertiary/aromatic N) is 6. The topological polar surface area (TPSA) is 70.6 Å². The number of hydrogen-bond donors (Lipinski definition) is 0. The summed E-state index contributed by atoms with van der Waals surface area (Å²) in [4.78, 5) is 14.7. The van der Waals surface area contributed by atoms with Crippen LogP contribution in [0.1, 0.15) is 17.1 Å². The van der Waals surface area contributed by atoms with Gasteiger partial charge in [-0.2, -0.15) is 5.26 Å². The first-order valence-corrected chi connectivity index (χ1v) is 7.23. The Labute approximate surface area is 134 Å². The normalized spacial score (nSPS) is 10.3. The summed E-state index contributed by atoms with van der Waals surface area (Å²) in [6, 6.07) is 12.2. The Morgan fingerprint density at radius 1 is 1.13 bits per heavy atom. The monoisotopic (exact) mass is 304 g/mol. The van der Waals surface area contributed by atoms with Crippen LogP contribution in [0, 0.1) is 11.3 Å². The van der Waals surface area contributed by atoms with Crippen molar-refractivity contribution in [3.05, 3.63) is 72.2 Å². The van der Waals surface area contributed by atoms with Crippen LogP contribution in [0.4, 0.5) is 5.82 Å². The Kier molecular flexibility index (Phi) is 4.29. The van der Waals surface area contributed by atoms with Gasteiger partial charge in [-0.1, -0.05) is 30.3 Å². The van der Waals surface area contributed by atoms with Gasteiger partial charge in [-0.25, -0.2) is 15.0 Å². The number of benzene rings is 1. The van der Waals surface area contributed by atoms with E-state index in [1.54, 1.807) is 12.4 Å². The largest absolute Gasteiger partial charge is 0.351 e. The summed E-state index contributed by atoms with van der Waals surface area (Å²) in [6.07, 6.45) is 6.85. The van der Waals surface area contributed by atoms with Crippen molar-refractivity contribution in [2.45, 2.75) is 13.1 Å². The Morgan fingerprint density at radius 3 is 2.65 bits per heavy atom. The van der Waals surface area contributed by atoms with Gasteiger partial charge in [0.2, 0.25) is 0 Å². The maximum Gasteiger partial charge on any atom is 0.158 e. The lowest BCUT2D eigenvalue weighted by Crippen LogP contribution is -2.21. The minimum Gasteiger partial charge on any atom is -0.351 e. The second-order valence-electron chi connectivity index (χ2n) is 5.18. The molecule has 0 unspecified atom stereocenters. The van der Waals surface area contributed by atoms with Gasteiger partial charge < -0.3 is 9.47 Å². The zero-order valence-corrected chi connectivity index (χ0v) is 12.8. The Balaban J connectivity index is 1.73. The maximum atomic E-state index is 8.77. The smallest absolute Gasteiger partial charge is 0.158 e. The molecule has 0 amide bonds. The molecule has 0 saturated carbocycles. The summed E-state index contributed by atoms with van der Waals surface area (Å²) in [7, 11) is 1.93. The van der Waals surface area contributed by atoms with Gasteiger partial charge in [-0.3, -0.25) is 0 Å². The van der Waals surface area contributed by atoms with Crippen LogP contribution >= 0.6 is 0 Å². The Bertz CT molecular complexity index is 801. The summed E-state index contributed by atoms with van der Waals surface area (Å²) in [5.74, 6) is 1.65. The molecule has 1 aromatic carbocycles. The van der Waals surface area contributed by atoms with Crippen LogP contribution in [0.25, 0.3) is 0 Å². The molecule has 114 valence electrons. The summed E-state index contributed by atoms with van der Waals surface area (Å²) in [5.41, 5.74) is 1.54. The molecule has 3 aromatic rings. The first-order valence-electron chi connectivity index (χ1n) is 7.23. The third-order valence-corrected chi connectivity index (χ3v) is 3.52. The van der Waals surface area contributed by atoms with Crippen molar-refractivity contribution in [2.75, 3.05) is 11.9 Å². The van der Waals surface area contributed by atoms with Crippen LogP contribution in [0.2, 0.25) is 0 Å². The molecular weight excluding hydrogens is 288 g/mol. The van der Waals surface area contributed by atoms with Crippen LogP contribution in [-0.2, 0) is 13.1 Å². The highest BCUT2D eigenvalue weighted by molar-refractivity contribution is 5.36. The van der Waals surface area contributed by atoms with E-state index in [4.69, 9.17) is 5.26 Å². The van der Waals surface area contributed by atoms with E-state index < -0.39 is 0 Å². The quantitative estimate of drug-likeness (QED) is 0.723. The molecule has 0 saturated heterocycles. The molecule has 2 aromatic heterocycles. The highest BCUT2D eigenvalue weighted by Gasteiger charge is 2.09. The highest BCUT2D eigenvalue weighted by Crippen LogP contribution is 2.12. The van der Waals surface area contributed by atoms with E-state index in [1.165, 1.54) is 11.8 Å². The first-order chi connectivity index (χ1) is 11.3. The molecule has 0 fully saturated rings. The summed E-state index contributed by atoms with van der Waals surface area (Å²) in [5, 5.41) is 8.77. The molecule has 0 aliphatic rings. The molecule has 3 rings (SSSR count). The molecule has 23 heavy (non-hydrogen) atoms. The zero-order chi connectivity index (χ0) is 16.1. The van der Waals surface area contributed by atoms with Crippen molar-refractivity contribution in [1.82, 2.24) is 19.5 Å². The molecule has 0 aliphatic heterocycles. The van der Waals surface area contributed by atoms with Gasteiger partial charge in [0.05, 0.1) is 18.9 Å². The Hall–Kier alpha value is -3.20. The predicted octanol–water partition coefficient (Wildman–Crippen LogP) is 2.23. The summed E-state index contributed by atoms with van der Waals surface area (Å²) >= 11 is 0. The third kappa shape index (κ3) is 3.52. The fraction of sp³-hybridized carbons (Fsp3) is 0.176. The molecule has 0 bridgehead atoms. The van der Waals surface area contributed by atoms with Gasteiger partial charge in [0, 0.05) is 26.0 Å². The average molecular weight is 304 g/mol. The Morgan fingerprint density at radius 2 is 1.96 bits per heavy atom. The average Bonchev–Trinajstić information content (AvgIpc) is 3.02. The molecule has 0 atom stereocenters. The van der Waals surface area contributed by atoms with Gasteiger partial charge >= 0.3 is 0 Å². The molecule has 6 heteroatoms. The number of rotatable bonds is 5. The molecule has 6 nitrogen and oxygen atoms in total. The van der Waals surface area contributed by atoms with Gasteiger partial charge in [-0.15, -0.1) is 0 Å². The lowest BCUT2D eigenvalue weighted by atomic mass is 10.2. The van der Waals surface area contributed by atoms with Crippen molar-refractivity contribution in [3.63, 3.8) is 0 Å². The molecular formula is C17H16N6. The second kappa shape index (κ2) is 6.71. The van der Waals surface area contributed by atoms with Crippen LogP contribution in [0.5, 0.6) is 0 Å². The zero-order valence-electron chi connectivity index (χ0n) is 12.8. The fourth-order valence-corrected chi connectivity index (χ4v) is 2.28. The fourth-order valence-electron chi connectivity index (χ4n) is 2.28. The number of hydrogen-bond acceptors (Lipinski definition) is 5. The summed E-state index contributed by atoms with van der Waals surface area (Å²) < 4.78 is 2.11. The van der Waals surface area contributed by atoms with Crippen molar-refractivity contribution in [3.8, 4) is 6.07 Å². The van der Waals surface area contributed by atoms with Gasteiger partial charge in [0.25, 0.3) is 0 Å². The van der Waals surface area contributed by atoms with E-state index >= 15 is 0 Å². The van der Waals surface area contributed by atoms with E-state index in [-0.39, 0.29) is 0 Å². The number of anilines is 1. The van der Waals surface area contributed by atoms with Gasteiger partial charge in [0.1, 0.15) is 17.7 Å². The van der Waals surface area contributed by atoms with Crippen molar-refractivity contribution < 1.29 is 0 Å². The van der Waals surface area contributed by atoms with Crippen LogP contribution in [-0.4, -0.2) is 26.6 Å². The van der Waals surface area contributed by atoms with Crippen molar-refractivity contribution in [2.24, 2.45) is 0 Å². The first kappa shape index (κ1) is 14.7. The van der Waals surface area contributed by atoms with E-state index in [0.717, 1.165) is 12.4 Å².